The summed E-state index contributed by atoms with van der Waals surface area (Å²) < 4.78 is 10.1. The molecule has 4 rings (SSSR count). The molecule has 27 heavy (non-hydrogen) atoms. The predicted molar refractivity (Wildman–Crippen MR) is 101 cm³/mol. The Balaban J connectivity index is 1.55. The molecule has 8 nitrogen and oxygen atoms in total. The lowest BCUT2D eigenvalue weighted by molar-refractivity contribution is -0.140. The quantitative estimate of drug-likeness (QED) is 0.527. The lowest BCUT2D eigenvalue weighted by Gasteiger charge is -2.32. The number of nitrogens with one attached hydrogen (secondary N) is 1. The number of methoxy groups -OCH3 is 1. The summed E-state index contributed by atoms with van der Waals surface area (Å²) in [5, 5.41) is 0.285. The van der Waals surface area contributed by atoms with Crippen molar-refractivity contribution in [2.45, 2.75) is 25.7 Å². The molecule has 0 saturated carbocycles. The lowest BCUT2D eigenvalue weighted by Crippen LogP contribution is -2.36. The predicted octanol–water partition coefficient (Wildman–Crippen LogP) is 3.44. The van der Waals surface area contributed by atoms with E-state index in [0.717, 1.165) is 38.3 Å². The highest BCUT2D eigenvalue weighted by Gasteiger charge is 2.24. The molecule has 1 fully saturated rings. The summed E-state index contributed by atoms with van der Waals surface area (Å²) >= 11 is 6.32. The number of H-pyrrole nitrogens is 1. The molecule has 0 radical (unpaired) electrons. The van der Waals surface area contributed by atoms with Gasteiger partial charge in [-0.05, 0) is 37.3 Å². The van der Waals surface area contributed by atoms with Gasteiger partial charge in [-0.25, -0.2) is 15.0 Å². The second kappa shape index (κ2) is 7.56. The molecule has 142 valence electrons. The molecule has 4 heterocycles. The topological polar surface area (TPSA) is 97.1 Å². The fourth-order valence-electron chi connectivity index (χ4n) is 3.44. The van der Waals surface area contributed by atoms with E-state index < -0.39 is 0 Å². The number of imidazole rings is 1. The maximum Gasteiger partial charge on any atom is 0.305 e. The third-order valence-corrected chi connectivity index (χ3v) is 5.10. The number of anilines is 1. The number of nitrogens with zero attached hydrogens (tertiary/aromatic N) is 4. The van der Waals surface area contributed by atoms with E-state index in [1.54, 1.807) is 18.4 Å². The summed E-state index contributed by atoms with van der Waals surface area (Å²) in [4.78, 5) is 30.2. The number of halogens is 1. The number of fused-ring (bicyclic) bond motifs is 1. The van der Waals surface area contributed by atoms with Gasteiger partial charge in [0.1, 0.15) is 5.52 Å². The van der Waals surface area contributed by atoms with Gasteiger partial charge >= 0.3 is 5.97 Å². The van der Waals surface area contributed by atoms with Gasteiger partial charge in [-0.2, -0.15) is 0 Å². The summed E-state index contributed by atoms with van der Waals surface area (Å²) in [5.41, 5.74) is 1.12. The molecule has 9 heteroatoms. The van der Waals surface area contributed by atoms with Crippen LogP contribution in [0, 0.1) is 5.92 Å². The molecule has 1 aliphatic heterocycles. The van der Waals surface area contributed by atoms with E-state index in [2.05, 4.69) is 24.8 Å². The number of rotatable bonds is 5. The maximum atomic E-state index is 11.4. The minimum Gasteiger partial charge on any atom is -0.469 e. The van der Waals surface area contributed by atoms with Crippen molar-refractivity contribution >= 4 is 34.7 Å². The van der Waals surface area contributed by atoms with E-state index in [-0.39, 0.29) is 11.1 Å². The van der Waals surface area contributed by atoms with Crippen molar-refractivity contribution < 1.29 is 13.9 Å². The molecule has 1 atom stereocenters. The first-order chi connectivity index (χ1) is 13.1. The minimum atomic E-state index is -0.164. The average molecular weight is 390 g/mol. The first kappa shape index (κ1) is 17.8. The van der Waals surface area contributed by atoms with Gasteiger partial charge in [-0.15, -0.1) is 0 Å². The molecule has 0 bridgehead atoms. The highest BCUT2D eigenvalue weighted by atomic mass is 35.5. The molecule has 3 aromatic heterocycles. The third kappa shape index (κ3) is 3.75. The molecule has 0 amide bonds. The molecule has 1 unspecified atom stereocenters. The number of furan rings is 1. The number of hydrogen-bond acceptors (Lipinski definition) is 7. The third-order valence-electron chi connectivity index (χ3n) is 4.83. The van der Waals surface area contributed by atoms with Crippen molar-refractivity contribution in [1.82, 2.24) is 19.9 Å². The Bertz CT molecular complexity index is 940. The van der Waals surface area contributed by atoms with Gasteiger partial charge in [-0.1, -0.05) is 11.6 Å². The van der Waals surface area contributed by atoms with Crippen LogP contribution in [0.15, 0.2) is 22.8 Å². The number of carbonyl (C=O) groups is 1. The van der Waals surface area contributed by atoms with Crippen LogP contribution >= 0.6 is 11.6 Å². The van der Waals surface area contributed by atoms with Gasteiger partial charge in [0.25, 0.3) is 0 Å². The van der Waals surface area contributed by atoms with E-state index in [4.69, 9.17) is 20.8 Å². The van der Waals surface area contributed by atoms with Crippen molar-refractivity contribution in [3.63, 3.8) is 0 Å². The van der Waals surface area contributed by atoms with E-state index in [9.17, 15) is 4.79 Å². The maximum absolute atomic E-state index is 11.4. The average Bonchev–Trinajstić information content (AvgIpc) is 3.36. The first-order valence-corrected chi connectivity index (χ1v) is 9.30. The van der Waals surface area contributed by atoms with Gasteiger partial charge in [0.05, 0.1) is 13.4 Å². The SMILES string of the molecule is COC(=O)CCC1CCCN(c2nc3c(Cl)nc(-c4ccco4)nc3[nH]2)C1. The molecular weight excluding hydrogens is 370 g/mol. The van der Waals surface area contributed by atoms with Crippen LogP contribution in [0.2, 0.25) is 5.15 Å². The number of piperidine rings is 1. The van der Waals surface area contributed by atoms with E-state index in [0.29, 0.717) is 35.1 Å². The van der Waals surface area contributed by atoms with Gasteiger partial charge in [0.2, 0.25) is 5.95 Å². The smallest absolute Gasteiger partial charge is 0.305 e. The molecular formula is C18H20ClN5O3. The zero-order valence-electron chi connectivity index (χ0n) is 14.9. The van der Waals surface area contributed by atoms with Crippen LogP contribution in [0.3, 0.4) is 0 Å². The van der Waals surface area contributed by atoms with Gasteiger partial charge in [0, 0.05) is 19.5 Å². The highest BCUT2D eigenvalue weighted by Crippen LogP contribution is 2.29. The van der Waals surface area contributed by atoms with Gasteiger partial charge < -0.3 is 19.0 Å². The number of carbonyl (C=O) groups excluding carboxylic acids is 1. The van der Waals surface area contributed by atoms with Crippen LogP contribution in [0.1, 0.15) is 25.7 Å². The second-order valence-corrected chi connectivity index (χ2v) is 7.00. The highest BCUT2D eigenvalue weighted by molar-refractivity contribution is 6.33. The fraction of sp³-hybridized carbons (Fsp3) is 0.444. The van der Waals surface area contributed by atoms with E-state index in [1.165, 1.54) is 7.11 Å². The normalized spacial score (nSPS) is 17.4. The van der Waals surface area contributed by atoms with Gasteiger partial charge in [0.15, 0.2) is 22.4 Å². The Hall–Kier alpha value is -2.61. The van der Waals surface area contributed by atoms with Crippen LogP contribution in [-0.2, 0) is 9.53 Å². The molecule has 1 aliphatic rings. The summed E-state index contributed by atoms with van der Waals surface area (Å²) in [5.74, 6) is 1.95. The van der Waals surface area contributed by atoms with Crippen molar-refractivity contribution in [3.05, 3.63) is 23.5 Å². The summed E-state index contributed by atoms with van der Waals surface area (Å²) in [6, 6.07) is 3.56. The van der Waals surface area contributed by atoms with Crippen LogP contribution in [-0.4, -0.2) is 46.1 Å². The molecule has 0 aromatic carbocycles. The number of ether oxygens (including phenoxy) is 1. The number of hydrogen-bond donors (Lipinski definition) is 1. The monoisotopic (exact) mass is 389 g/mol. The Labute approximate surface area is 160 Å². The Morgan fingerprint density at radius 1 is 1.44 bits per heavy atom. The minimum absolute atomic E-state index is 0.164. The first-order valence-electron chi connectivity index (χ1n) is 8.93. The molecule has 1 saturated heterocycles. The molecule has 0 aliphatic carbocycles. The standard InChI is InChI=1S/C18H20ClN5O3/c1-26-13(25)7-6-11-4-2-8-24(10-11)18-20-14-15(19)21-16(22-17(14)23-18)12-5-3-9-27-12/h3,5,9,11H,2,4,6-8,10H2,1H3,(H,20,21,22,23). The largest absolute Gasteiger partial charge is 0.469 e. The van der Waals surface area contributed by atoms with Crippen LogP contribution < -0.4 is 4.90 Å². The Kier molecular flexibility index (Phi) is 4.98. The fourth-order valence-corrected chi connectivity index (χ4v) is 3.65. The zero-order valence-corrected chi connectivity index (χ0v) is 15.7. The lowest BCUT2D eigenvalue weighted by atomic mass is 9.93. The van der Waals surface area contributed by atoms with Crippen molar-refractivity contribution in [2.24, 2.45) is 5.92 Å². The Morgan fingerprint density at radius 2 is 2.33 bits per heavy atom. The molecule has 0 spiro atoms. The number of aromatic nitrogens is 4. The van der Waals surface area contributed by atoms with Crippen LogP contribution in [0.5, 0.6) is 0 Å². The summed E-state index contributed by atoms with van der Waals surface area (Å²) in [6.45, 7) is 1.72. The second-order valence-electron chi connectivity index (χ2n) is 6.64. The van der Waals surface area contributed by atoms with Crippen molar-refractivity contribution in [3.8, 4) is 11.6 Å². The summed E-state index contributed by atoms with van der Waals surface area (Å²) in [7, 11) is 1.42. The molecule has 3 aromatic rings. The number of aromatic amines is 1. The van der Waals surface area contributed by atoms with Crippen LogP contribution in [0.4, 0.5) is 5.95 Å². The Morgan fingerprint density at radius 3 is 3.11 bits per heavy atom. The van der Waals surface area contributed by atoms with Crippen LogP contribution in [0.25, 0.3) is 22.7 Å². The molecule has 1 N–H and O–H groups in total. The van der Waals surface area contributed by atoms with Crippen molar-refractivity contribution in [1.29, 1.82) is 0 Å². The van der Waals surface area contributed by atoms with E-state index >= 15 is 0 Å². The van der Waals surface area contributed by atoms with Crippen molar-refractivity contribution in [2.75, 3.05) is 25.1 Å². The van der Waals surface area contributed by atoms with E-state index in [1.807, 2.05) is 0 Å². The number of esters is 1. The zero-order chi connectivity index (χ0) is 18.8. The summed E-state index contributed by atoms with van der Waals surface area (Å²) in [6.07, 6.45) is 4.96. The van der Waals surface area contributed by atoms with Gasteiger partial charge in [-0.3, -0.25) is 4.79 Å².